The smallest absolute Gasteiger partial charge is 0.178 e. The van der Waals surface area contributed by atoms with Crippen LogP contribution in [0.3, 0.4) is 0 Å². The van der Waals surface area contributed by atoms with E-state index >= 15 is 0 Å². The van der Waals surface area contributed by atoms with Crippen LogP contribution in [0.15, 0.2) is 36.0 Å². The molecule has 0 bridgehead atoms. The van der Waals surface area contributed by atoms with Gasteiger partial charge in [0.1, 0.15) is 10.7 Å². The third-order valence-corrected chi connectivity index (χ3v) is 2.16. The summed E-state index contributed by atoms with van der Waals surface area (Å²) in [6.45, 7) is 6.27. The molecule has 62 valence electrons. The molecule has 0 aromatic heterocycles. The van der Waals surface area contributed by atoms with Crippen LogP contribution in [0, 0.1) is 0 Å². The van der Waals surface area contributed by atoms with E-state index in [1.54, 1.807) is 0 Å². The SMILES string of the molecule is C=C/C(F)=C(\C=C)S(C)(=O)=O. The van der Waals surface area contributed by atoms with Gasteiger partial charge in [-0.3, -0.25) is 0 Å². The lowest BCUT2D eigenvalue weighted by Crippen LogP contribution is -1.99. The number of hydrogen-bond donors (Lipinski definition) is 0. The van der Waals surface area contributed by atoms with Crippen molar-refractivity contribution < 1.29 is 12.8 Å². The van der Waals surface area contributed by atoms with Crippen molar-refractivity contribution in [2.24, 2.45) is 0 Å². The number of hydrogen-bond acceptors (Lipinski definition) is 2. The van der Waals surface area contributed by atoms with E-state index in [9.17, 15) is 12.8 Å². The molecular formula is C7H9FO2S. The molecule has 0 fully saturated rings. The summed E-state index contributed by atoms with van der Waals surface area (Å²) in [5.41, 5.74) is 0. The minimum Gasteiger partial charge on any atom is -0.224 e. The highest BCUT2D eigenvalue weighted by Crippen LogP contribution is 2.13. The second kappa shape index (κ2) is 3.48. The summed E-state index contributed by atoms with van der Waals surface area (Å²) in [6, 6.07) is 0. The summed E-state index contributed by atoms with van der Waals surface area (Å²) < 4.78 is 34.1. The van der Waals surface area contributed by atoms with E-state index in [-0.39, 0.29) is 0 Å². The summed E-state index contributed by atoms with van der Waals surface area (Å²) in [5, 5.41) is 0. The molecule has 2 nitrogen and oxygen atoms in total. The van der Waals surface area contributed by atoms with Crippen molar-refractivity contribution in [2.45, 2.75) is 0 Å². The van der Waals surface area contributed by atoms with Crippen LogP contribution in [-0.4, -0.2) is 14.7 Å². The first-order valence-corrected chi connectivity index (χ1v) is 4.67. The van der Waals surface area contributed by atoms with Gasteiger partial charge in [0.05, 0.1) is 0 Å². The fraction of sp³-hybridized carbons (Fsp3) is 0.143. The third kappa shape index (κ3) is 2.67. The van der Waals surface area contributed by atoms with Gasteiger partial charge in [-0.25, -0.2) is 12.8 Å². The molecule has 0 saturated carbocycles. The maximum absolute atomic E-state index is 12.6. The number of allylic oxidation sites excluding steroid dienone is 3. The topological polar surface area (TPSA) is 34.1 Å². The van der Waals surface area contributed by atoms with Crippen LogP contribution in [0.4, 0.5) is 4.39 Å². The van der Waals surface area contributed by atoms with Gasteiger partial charge in [0, 0.05) is 6.26 Å². The van der Waals surface area contributed by atoms with Crippen LogP contribution in [0.2, 0.25) is 0 Å². The van der Waals surface area contributed by atoms with E-state index in [2.05, 4.69) is 13.2 Å². The van der Waals surface area contributed by atoms with Gasteiger partial charge in [-0.15, -0.1) is 0 Å². The van der Waals surface area contributed by atoms with Crippen molar-refractivity contribution in [1.29, 1.82) is 0 Å². The molecule has 0 aliphatic rings. The average molecular weight is 176 g/mol. The van der Waals surface area contributed by atoms with E-state index in [0.29, 0.717) is 0 Å². The normalized spacial score (nSPS) is 13.6. The van der Waals surface area contributed by atoms with Gasteiger partial charge >= 0.3 is 0 Å². The quantitative estimate of drug-likeness (QED) is 0.612. The lowest BCUT2D eigenvalue weighted by Gasteiger charge is -1.97. The Kier molecular flexibility index (Phi) is 3.19. The zero-order chi connectivity index (χ0) is 9.07. The molecule has 0 N–H and O–H groups in total. The lowest BCUT2D eigenvalue weighted by molar-refractivity contribution is 0.604. The summed E-state index contributed by atoms with van der Waals surface area (Å²) in [5.74, 6) is -0.873. The van der Waals surface area contributed by atoms with Crippen LogP contribution in [0.25, 0.3) is 0 Å². The molecule has 0 unspecified atom stereocenters. The predicted octanol–water partition coefficient (Wildman–Crippen LogP) is 1.58. The van der Waals surface area contributed by atoms with Gasteiger partial charge in [-0.1, -0.05) is 13.2 Å². The number of halogens is 1. The Hall–Kier alpha value is -0.900. The van der Waals surface area contributed by atoms with Crippen molar-refractivity contribution in [3.63, 3.8) is 0 Å². The second-order valence-electron chi connectivity index (χ2n) is 1.89. The molecule has 0 saturated heterocycles. The average Bonchev–Trinajstić information content (AvgIpc) is 1.86. The highest BCUT2D eigenvalue weighted by atomic mass is 32.2. The van der Waals surface area contributed by atoms with Gasteiger partial charge in [0.2, 0.25) is 0 Å². The Morgan fingerprint density at radius 1 is 1.36 bits per heavy atom. The Morgan fingerprint density at radius 3 is 1.91 bits per heavy atom. The molecule has 0 radical (unpaired) electrons. The second-order valence-corrected chi connectivity index (χ2v) is 3.88. The molecule has 0 amide bonds. The molecule has 0 aromatic carbocycles. The molecule has 0 atom stereocenters. The molecule has 4 heteroatoms. The van der Waals surface area contributed by atoms with Gasteiger partial charge < -0.3 is 0 Å². The summed E-state index contributed by atoms with van der Waals surface area (Å²) in [7, 11) is -3.51. The highest BCUT2D eigenvalue weighted by Gasteiger charge is 2.11. The van der Waals surface area contributed by atoms with E-state index in [0.717, 1.165) is 18.4 Å². The van der Waals surface area contributed by atoms with Crippen molar-refractivity contribution in [1.82, 2.24) is 0 Å². The first-order chi connectivity index (χ1) is 4.93. The molecule has 0 rings (SSSR count). The molecule has 11 heavy (non-hydrogen) atoms. The van der Waals surface area contributed by atoms with Crippen molar-refractivity contribution >= 4 is 9.84 Å². The van der Waals surface area contributed by atoms with Crippen LogP contribution in [-0.2, 0) is 9.84 Å². The number of rotatable bonds is 3. The van der Waals surface area contributed by atoms with Gasteiger partial charge in [-0.2, -0.15) is 0 Å². The first kappa shape index (κ1) is 10.1. The van der Waals surface area contributed by atoms with Crippen molar-refractivity contribution in [2.75, 3.05) is 6.26 Å². The lowest BCUT2D eigenvalue weighted by atomic mass is 10.4. The Labute approximate surface area is 65.7 Å². The Balaban J connectivity index is 5.32. The van der Waals surface area contributed by atoms with Crippen LogP contribution in [0.5, 0.6) is 0 Å². The molecule has 0 spiro atoms. The van der Waals surface area contributed by atoms with Crippen molar-refractivity contribution in [3.8, 4) is 0 Å². The predicted molar refractivity (Wildman–Crippen MR) is 43.4 cm³/mol. The summed E-state index contributed by atoms with van der Waals surface area (Å²) in [4.78, 5) is -0.424. The van der Waals surface area contributed by atoms with Crippen molar-refractivity contribution in [3.05, 3.63) is 36.0 Å². The molecule has 0 aliphatic heterocycles. The standard InChI is InChI=1S/C7H9FO2S/c1-4-6(8)7(5-2)11(3,9)10/h4-5H,1-2H2,3H3/b7-6-. The van der Waals surface area contributed by atoms with Crippen LogP contribution < -0.4 is 0 Å². The molecule has 0 heterocycles. The Morgan fingerprint density at radius 2 is 1.82 bits per heavy atom. The van der Waals surface area contributed by atoms with E-state index in [1.807, 2.05) is 0 Å². The fourth-order valence-corrected chi connectivity index (χ4v) is 1.27. The number of sulfone groups is 1. The largest absolute Gasteiger partial charge is 0.224 e. The van der Waals surface area contributed by atoms with Crippen LogP contribution in [0.1, 0.15) is 0 Å². The fourth-order valence-electron chi connectivity index (χ4n) is 0.527. The maximum atomic E-state index is 12.6. The highest BCUT2D eigenvalue weighted by molar-refractivity contribution is 7.94. The monoisotopic (exact) mass is 176 g/mol. The minimum atomic E-state index is -3.51. The summed E-state index contributed by atoms with van der Waals surface area (Å²) in [6.07, 6.45) is 2.69. The minimum absolute atomic E-state index is 0.424. The van der Waals surface area contributed by atoms with Gasteiger partial charge in [-0.05, 0) is 12.2 Å². The maximum Gasteiger partial charge on any atom is 0.178 e. The van der Waals surface area contributed by atoms with Gasteiger partial charge in [0.25, 0.3) is 0 Å². The van der Waals surface area contributed by atoms with Gasteiger partial charge in [0.15, 0.2) is 9.84 Å². The van der Waals surface area contributed by atoms with E-state index in [4.69, 9.17) is 0 Å². The zero-order valence-electron chi connectivity index (χ0n) is 6.17. The summed E-state index contributed by atoms with van der Waals surface area (Å²) >= 11 is 0. The first-order valence-electron chi connectivity index (χ1n) is 2.78. The molecule has 0 aliphatic carbocycles. The van der Waals surface area contributed by atoms with E-state index in [1.165, 1.54) is 0 Å². The van der Waals surface area contributed by atoms with E-state index < -0.39 is 20.6 Å². The molecule has 0 aromatic rings. The molecular weight excluding hydrogens is 167 g/mol. The zero-order valence-corrected chi connectivity index (χ0v) is 6.99. The third-order valence-electron chi connectivity index (χ3n) is 0.999. The van der Waals surface area contributed by atoms with Crippen LogP contribution >= 0.6 is 0 Å². The Bertz CT molecular complexity index is 298.